The van der Waals surface area contributed by atoms with Crippen molar-refractivity contribution in [2.75, 3.05) is 6.54 Å². The van der Waals surface area contributed by atoms with Gasteiger partial charge < -0.3 is 9.73 Å². The summed E-state index contributed by atoms with van der Waals surface area (Å²) >= 11 is 0. The van der Waals surface area contributed by atoms with Crippen LogP contribution in [0, 0.1) is 11.6 Å². The van der Waals surface area contributed by atoms with Crippen LogP contribution in [0.15, 0.2) is 58.2 Å². The zero-order valence-corrected chi connectivity index (χ0v) is 15.2. The maximum absolute atomic E-state index is 12.9. The van der Waals surface area contributed by atoms with Crippen LogP contribution in [0.5, 0.6) is 0 Å². The number of halogens is 2. The number of nitrogens with zero attached hydrogens (tertiary/aromatic N) is 2. The van der Waals surface area contributed by atoms with Crippen LogP contribution in [0.4, 0.5) is 8.78 Å². The molecule has 2 aromatic carbocycles. The molecule has 3 rings (SSSR count). The van der Waals surface area contributed by atoms with E-state index in [2.05, 4.69) is 15.5 Å². The molecule has 0 saturated carbocycles. The predicted octanol–water partition coefficient (Wildman–Crippen LogP) is 2.29. The number of amides is 1. The molecule has 3 aromatic rings. The second-order valence-electron chi connectivity index (χ2n) is 5.86. The molecule has 7 nitrogen and oxygen atoms in total. The van der Waals surface area contributed by atoms with Gasteiger partial charge in [-0.05, 0) is 42.0 Å². The van der Waals surface area contributed by atoms with E-state index in [0.29, 0.717) is 5.56 Å². The first kappa shape index (κ1) is 19.6. The molecule has 0 atom stereocenters. The molecule has 0 fully saturated rings. The average molecular weight is 407 g/mol. The van der Waals surface area contributed by atoms with E-state index in [1.807, 2.05) is 0 Å². The summed E-state index contributed by atoms with van der Waals surface area (Å²) in [6.07, 6.45) is 0.117. The lowest BCUT2D eigenvalue weighted by atomic mass is 10.2. The molecule has 0 aliphatic carbocycles. The van der Waals surface area contributed by atoms with Crippen molar-refractivity contribution in [1.29, 1.82) is 0 Å². The molecule has 1 heterocycles. The highest BCUT2D eigenvalue weighted by Gasteiger charge is 2.23. The lowest BCUT2D eigenvalue weighted by molar-refractivity contribution is 0.0953. The molecule has 0 aliphatic rings. The summed E-state index contributed by atoms with van der Waals surface area (Å²) in [5.74, 6) is -1.70. The van der Waals surface area contributed by atoms with Crippen molar-refractivity contribution in [3.05, 3.63) is 77.2 Å². The number of nitrogens with one attached hydrogen (secondary N) is 1. The summed E-state index contributed by atoms with van der Waals surface area (Å²) in [4.78, 5) is 11.9. The van der Waals surface area contributed by atoms with Gasteiger partial charge in [-0.3, -0.25) is 4.79 Å². The topological polar surface area (TPSA) is 102 Å². The molecule has 0 spiro atoms. The van der Waals surface area contributed by atoms with Crippen molar-refractivity contribution in [2.45, 2.75) is 17.4 Å². The first-order valence-corrected chi connectivity index (χ1v) is 9.82. The summed E-state index contributed by atoms with van der Waals surface area (Å²) in [7, 11) is -3.88. The van der Waals surface area contributed by atoms with E-state index in [9.17, 15) is 22.0 Å². The van der Waals surface area contributed by atoms with Crippen LogP contribution in [0.1, 0.15) is 21.8 Å². The zero-order valence-electron chi connectivity index (χ0n) is 14.4. The van der Waals surface area contributed by atoms with Crippen molar-refractivity contribution in [3.63, 3.8) is 0 Å². The largest absolute Gasteiger partial charge is 0.412 e. The summed E-state index contributed by atoms with van der Waals surface area (Å²) in [6, 6.07) is 10.1. The van der Waals surface area contributed by atoms with Crippen LogP contribution in [0.3, 0.4) is 0 Å². The molecule has 0 bridgehead atoms. The third kappa shape index (κ3) is 4.97. The van der Waals surface area contributed by atoms with E-state index in [-0.39, 0.29) is 24.4 Å². The van der Waals surface area contributed by atoms with Gasteiger partial charge in [0.1, 0.15) is 11.6 Å². The van der Waals surface area contributed by atoms with Gasteiger partial charge in [-0.1, -0.05) is 17.2 Å². The normalized spacial score (nSPS) is 11.4. The van der Waals surface area contributed by atoms with E-state index >= 15 is 0 Å². The van der Waals surface area contributed by atoms with Gasteiger partial charge in [-0.25, -0.2) is 17.2 Å². The zero-order chi connectivity index (χ0) is 20.1. The van der Waals surface area contributed by atoms with Crippen LogP contribution in [-0.2, 0) is 22.0 Å². The maximum Gasteiger partial charge on any atom is 0.335 e. The highest BCUT2D eigenvalue weighted by Crippen LogP contribution is 2.16. The summed E-state index contributed by atoms with van der Waals surface area (Å²) in [5, 5.41) is 9.24. The molecule has 146 valence electrons. The Morgan fingerprint density at radius 3 is 2.21 bits per heavy atom. The van der Waals surface area contributed by atoms with Gasteiger partial charge in [0.2, 0.25) is 15.7 Å². The SMILES string of the molecule is O=C(NCCc1nnc(S(=O)(=O)Cc2ccc(F)cc2)o1)c1ccc(F)cc1. The standard InChI is InChI=1S/C18H15F2N3O4S/c19-14-5-1-12(2-6-14)11-28(25,26)18-23-22-16(27-18)9-10-21-17(24)13-3-7-15(20)8-4-13/h1-8H,9-11H2,(H,21,24). The number of aromatic nitrogens is 2. The average Bonchev–Trinajstić information content (AvgIpc) is 3.14. The monoisotopic (exact) mass is 407 g/mol. The van der Waals surface area contributed by atoms with Crippen molar-refractivity contribution in [2.24, 2.45) is 0 Å². The molecular formula is C18H15F2N3O4S. The van der Waals surface area contributed by atoms with Crippen LogP contribution in [0.25, 0.3) is 0 Å². The van der Waals surface area contributed by atoms with Crippen LogP contribution in [0.2, 0.25) is 0 Å². The second kappa shape index (κ2) is 8.26. The number of rotatable bonds is 7. The highest BCUT2D eigenvalue weighted by atomic mass is 32.2. The smallest absolute Gasteiger partial charge is 0.335 e. The first-order chi connectivity index (χ1) is 13.3. The van der Waals surface area contributed by atoms with Gasteiger partial charge in [0, 0.05) is 18.5 Å². The Kier molecular flexibility index (Phi) is 5.78. The van der Waals surface area contributed by atoms with Crippen LogP contribution < -0.4 is 5.32 Å². The van der Waals surface area contributed by atoms with Gasteiger partial charge in [0.25, 0.3) is 5.91 Å². The number of benzene rings is 2. The molecule has 10 heteroatoms. The van der Waals surface area contributed by atoms with E-state index < -0.39 is 38.4 Å². The fourth-order valence-electron chi connectivity index (χ4n) is 2.31. The molecule has 0 saturated heterocycles. The number of carbonyl (C=O) groups is 1. The fourth-order valence-corrected chi connectivity index (χ4v) is 3.46. The van der Waals surface area contributed by atoms with Gasteiger partial charge in [-0.2, -0.15) is 0 Å². The number of hydrogen-bond donors (Lipinski definition) is 1. The minimum atomic E-state index is -3.88. The van der Waals surface area contributed by atoms with E-state index in [4.69, 9.17) is 4.42 Å². The minimum Gasteiger partial charge on any atom is -0.412 e. The number of sulfone groups is 1. The van der Waals surface area contributed by atoms with Gasteiger partial charge in [0.05, 0.1) is 5.75 Å². The second-order valence-corrected chi connectivity index (χ2v) is 7.73. The molecule has 0 aliphatic heterocycles. The van der Waals surface area contributed by atoms with Crippen molar-refractivity contribution in [3.8, 4) is 0 Å². The van der Waals surface area contributed by atoms with Crippen molar-refractivity contribution < 1.29 is 26.4 Å². The molecule has 1 amide bonds. The predicted molar refractivity (Wildman–Crippen MR) is 94.0 cm³/mol. The van der Waals surface area contributed by atoms with Gasteiger partial charge in [-0.15, -0.1) is 5.10 Å². The Hall–Kier alpha value is -3.14. The quantitative estimate of drug-likeness (QED) is 0.645. The van der Waals surface area contributed by atoms with Gasteiger partial charge in [0.15, 0.2) is 0 Å². The highest BCUT2D eigenvalue weighted by molar-refractivity contribution is 7.90. The Morgan fingerprint density at radius 2 is 1.57 bits per heavy atom. The Bertz CT molecular complexity index is 1060. The Labute approximate surface area is 159 Å². The molecular weight excluding hydrogens is 392 g/mol. The summed E-state index contributed by atoms with van der Waals surface area (Å²) < 4.78 is 55.5. The molecule has 0 unspecified atom stereocenters. The number of hydrogen-bond acceptors (Lipinski definition) is 6. The fraction of sp³-hybridized carbons (Fsp3) is 0.167. The van der Waals surface area contributed by atoms with Crippen molar-refractivity contribution >= 4 is 15.7 Å². The van der Waals surface area contributed by atoms with Crippen LogP contribution >= 0.6 is 0 Å². The van der Waals surface area contributed by atoms with Gasteiger partial charge >= 0.3 is 5.22 Å². The van der Waals surface area contributed by atoms with E-state index in [1.165, 1.54) is 36.4 Å². The molecule has 1 aromatic heterocycles. The maximum atomic E-state index is 12.9. The molecule has 28 heavy (non-hydrogen) atoms. The van der Waals surface area contributed by atoms with Crippen LogP contribution in [-0.4, -0.2) is 31.1 Å². The lowest BCUT2D eigenvalue weighted by Gasteiger charge is -2.03. The summed E-state index contributed by atoms with van der Waals surface area (Å²) in [5.41, 5.74) is 0.669. The third-order valence-electron chi connectivity index (χ3n) is 3.72. The first-order valence-electron chi connectivity index (χ1n) is 8.17. The third-order valence-corrected chi connectivity index (χ3v) is 5.13. The number of carbonyl (C=O) groups excluding carboxylic acids is 1. The molecule has 1 N–H and O–H groups in total. The Morgan fingerprint density at radius 1 is 0.964 bits per heavy atom. The van der Waals surface area contributed by atoms with E-state index in [0.717, 1.165) is 12.1 Å². The minimum absolute atomic E-state index is 0.0390. The Balaban J connectivity index is 1.56. The lowest BCUT2D eigenvalue weighted by Crippen LogP contribution is -2.25. The summed E-state index contributed by atoms with van der Waals surface area (Å²) in [6.45, 7) is 0.121. The van der Waals surface area contributed by atoms with Crippen molar-refractivity contribution in [1.82, 2.24) is 15.5 Å². The molecule has 0 radical (unpaired) electrons. The van der Waals surface area contributed by atoms with E-state index in [1.54, 1.807) is 0 Å².